The Bertz CT molecular complexity index is 345. The van der Waals surface area contributed by atoms with E-state index in [0.717, 1.165) is 37.4 Å². The molecular formula is C14H19NO. The summed E-state index contributed by atoms with van der Waals surface area (Å²) in [6, 6.07) is 7.91. The van der Waals surface area contributed by atoms with E-state index in [-0.39, 0.29) is 0 Å². The summed E-state index contributed by atoms with van der Waals surface area (Å²) in [4.78, 5) is 0. The molecule has 0 unspecified atom stereocenters. The van der Waals surface area contributed by atoms with E-state index in [9.17, 15) is 0 Å². The minimum atomic E-state index is 0.741. The molecule has 0 heterocycles. The first-order valence-electron chi connectivity index (χ1n) is 5.79. The van der Waals surface area contributed by atoms with E-state index >= 15 is 0 Å². The predicted molar refractivity (Wildman–Crippen MR) is 67.6 cm³/mol. The average Bonchev–Trinajstić information content (AvgIpc) is 2.33. The molecule has 1 aromatic rings. The van der Waals surface area contributed by atoms with Gasteiger partial charge in [-0.1, -0.05) is 25.7 Å². The van der Waals surface area contributed by atoms with Crippen molar-refractivity contribution in [3.63, 3.8) is 0 Å². The van der Waals surface area contributed by atoms with Crippen molar-refractivity contribution in [2.24, 2.45) is 0 Å². The Morgan fingerprint density at radius 3 is 2.56 bits per heavy atom. The maximum atomic E-state index is 5.49. The lowest BCUT2D eigenvalue weighted by Crippen LogP contribution is -2.11. The Hall–Kier alpha value is -1.46. The van der Waals surface area contributed by atoms with Crippen LogP contribution in [0.2, 0.25) is 0 Å². The highest BCUT2D eigenvalue weighted by Gasteiger charge is 1.91. The number of nitrogens with one attached hydrogen (secondary N) is 1. The van der Waals surface area contributed by atoms with Crippen molar-refractivity contribution in [3.05, 3.63) is 29.8 Å². The van der Waals surface area contributed by atoms with Crippen molar-refractivity contribution in [2.75, 3.05) is 19.7 Å². The Kier molecular flexibility index (Phi) is 6.13. The highest BCUT2D eigenvalue weighted by Crippen LogP contribution is 2.11. The van der Waals surface area contributed by atoms with Gasteiger partial charge >= 0.3 is 0 Å². The smallest absolute Gasteiger partial charge is 0.119 e. The van der Waals surface area contributed by atoms with Crippen molar-refractivity contribution in [1.29, 1.82) is 0 Å². The Morgan fingerprint density at radius 2 is 1.94 bits per heavy atom. The van der Waals surface area contributed by atoms with Crippen LogP contribution in [0.1, 0.15) is 25.8 Å². The van der Waals surface area contributed by atoms with Gasteiger partial charge < -0.3 is 10.1 Å². The van der Waals surface area contributed by atoms with Crippen molar-refractivity contribution in [1.82, 2.24) is 5.32 Å². The molecule has 0 atom stereocenters. The molecule has 0 radical (unpaired) electrons. The fourth-order valence-corrected chi connectivity index (χ4v) is 1.19. The van der Waals surface area contributed by atoms with Crippen LogP contribution in [0.4, 0.5) is 0 Å². The molecule has 0 spiro atoms. The quantitative estimate of drug-likeness (QED) is 0.604. The van der Waals surface area contributed by atoms with E-state index in [1.807, 2.05) is 24.3 Å². The molecule has 0 aliphatic carbocycles. The molecule has 0 aliphatic rings. The summed E-state index contributed by atoms with van der Waals surface area (Å²) >= 11 is 0. The molecule has 0 saturated carbocycles. The second-order valence-corrected chi connectivity index (χ2v) is 3.45. The molecule has 0 fully saturated rings. The van der Waals surface area contributed by atoms with E-state index in [0.29, 0.717) is 0 Å². The van der Waals surface area contributed by atoms with Crippen LogP contribution in [0.25, 0.3) is 0 Å². The molecule has 0 aliphatic heterocycles. The van der Waals surface area contributed by atoms with E-state index in [1.165, 1.54) is 0 Å². The van der Waals surface area contributed by atoms with Crippen LogP contribution in [0, 0.1) is 11.8 Å². The predicted octanol–water partition coefficient (Wildman–Crippen LogP) is 2.44. The third kappa shape index (κ3) is 4.86. The summed E-state index contributed by atoms with van der Waals surface area (Å²) in [5.74, 6) is 7.07. The maximum Gasteiger partial charge on any atom is 0.119 e. The van der Waals surface area contributed by atoms with Gasteiger partial charge in [-0.25, -0.2) is 0 Å². The molecule has 1 aromatic carbocycles. The molecule has 2 nitrogen and oxygen atoms in total. The number of hydrogen-bond acceptors (Lipinski definition) is 2. The minimum absolute atomic E-state index is 0.741. The average molecular weight is 217 g/mol. The Morgan fingerprint density at radius 1 is 1.19 bits per heavy atom. The fourth-order valence-electron chi connectivity index (χ4n) is 1.19. The normalized spacial score (nSPS) is 9.38. The number of rotatable bonds is 5. The second-order valence-electron chi connectivity index (χ2n) is 3.45. The zero-order valence-electron chi connectivity index (χ0n) is 10.0. The molecule has 1 rings (SSSR count). The second kappa shape index (κ2) is 7.78. The highest BCUT2D eigenvalue weighted by atomic mass is 16.5. The minimum Gasteiger partial charge on any atom is -0.494 e. The van der Waals surface area contributed by atoms with Gasteiger partial charge in [-0.3, -0.25) is 0 Å². The monoisotopic (exact) mass is 217 g/mol. The lowest BCUT2D eigenvalue weighted by atomic mass is 10.2. The van der Waals surface area contributed by atoms with Gasteiger partial charge in [0.25, 0.3) is 0 Å². The van der Waals surface area contributed by atoms with Crippen molar-refractivity contribution in [2.45, 2.75) is 20.3 Å². The van der Waals surface area contributed by atoms with Gasteiger partial charge in [-0.2, -0.15) is 0 Å². The van der Waals surface area contributed by atoms with Gasteiger partial charge in [-0.05, 0) is 37.2 Å². The zero-order chi connectivity index (χ0) is 11.6. The lowest BCUT2D eigenvalue weighted by Gasteiger charge is -2.03. The van der Waals surface area contributed by atoms with Crippen molar-refractivity contribution >= 4 is 0 Å². The molecular weight excluding hydrogens is 198 g/mol. The SMILES string of the molecule is CCCOc1ccc(C#CCNCC)cc1. The standard InChI is InChI=1S/C14H19NO/c1-3-12-16-14-9-7-13(8-10-14)6-5-11-15-4-2/h7-10,15H,3-4,11-12H2,1-2H3. The largest absolute Gasteiger partial charge is 0.494 e. The first-order valence-corrected chi connectivity index (χ1v) is 5.79. The van der Waals surface area contributed by atoms with Crippen LogP contribution in [0.5, 0.6) is 5.75 Å². The van der Waals surface area contributed by atoms with E-state index in [1.54, 1.807) is 0 Å². The number of ether oxygens (including phenoxy) is 1. The molecule has 2 heteroatoms. The molecule has 0 bridgehead atoms. The summed E-state index contributed by atoms with van der Waals surface area (Å²) in [6.45, 7) is 6.64. The van der Waals surface area contributed by atoms with E-state index in [2.05, 4.69) is 31.0 Å². The molecule has 0 amide bonds. The summed E-state index contributed by atoms with van der Waals surface area (Å²) in [5.41, 5.74) is 1.03. The van der Waals surface area contributed by atoms with Gasteiger partial charge in [0.1, 0.15) is 5.75 Å². The molecule has 0 aromatic heterocycles. The van der Waals surface area contributed by atoms with Crippen LogP contribution in [-0.4, -0.2) is 19.7 Å². The van der Waals surface area contributed by atoms with Crippen molar-refractivity contribution < 1.29 is 4.74 Å². The lowest BCUT2D eigenvalue weighted by molar-refractivity contribution is 0.317. The zero-order valence-corrected chi connectivity index (χ0v) is 10.0. The third-order valence-corrected chi connectivity index (χ3v) is 2.02. The molecule has 0 saturated heterocycles. The van der Waals surface area contributed by atoms with Crippen LogP contribution >= 0.6 is 0 Å². The van der Waals surface area contributed by atoms with Gasteiger partial charge in [0, 0.05) is 5.56 Å². The first kappa shape index (κ1) is 12.6. The Labute approximate surface area is 98.0 Å². The summed E-state index contributed by atoms with van der Waals surface area (Å²) in [6.07, 6.45) is 1.03. The molecule has 1 N–H and O–H groups in total. The van der Waals surface area contributed by atoms with Crippen LogP contribution in [0.3, 0.4) is 0 Å². The van der Waals surface area contributed by atoms with E-state index in [4.69, 9.17) is 4.74 Å². The molecule has 86 valence electrons. The summed E-state index contributed by atoms with van der Waals surface area (Å²) < 4.78 is 5.49. The topological polar surface area (TPSA) is 21.3 Å². The van der Waals surface area contributed by atoms with Crippen LogP contribution in [-0.2, 0) is 0 Å². The maximum absolute atomic E-state index is 5.49. The molecule has 16 heavy (non-hydrogen) atoms. The summed E-state index contributed by atoms with van der Waals surface area (Å²) in [7, 11) is 0. The first-order chi connectivity index (χ1) is 7.86. The number of benzene rings is 1. The highest BCUT2D eigenvalue weighted by molar-refractivity contribution is 5.38. The Balaban J connectivity index is 2.46. The third-order valence-electron chi connectivity index (χ3n) is 2.02. The van der Waals surface area contributed by atoms with Gasteiger partial charge in [-0.15, -0.1) is 0 Å². The van der Waals surface area contributed by atoms with Crippen LogP contribution < -0.4 is 10.1 Å². The fraction of sp³-hybridized carbons (Fsp3) is 0.429. The summed E-state index contributed by atoms with van der Waals surface area (Å²) in [5, 5.41) is 3.16. The van der Waals surface area contributed by atoms with Gasteiger partial charge in [0.15, 0.2) is 0 Å². The van der Waals surface area contributed by atoms with Gasteiger partial charge in [0.2, 0.25) is 0 Å². The van der Waals surface area contributed by atoms with Crippen molar-refractivity contribution in [3.8, 4) is 17.6 Å². The number of hydrogen-bond donors (Lipinski definition) is 1. The van der Waals surface area contributed by atoms with E-state index < -0.39 is 0 Å². The van der Waals surface area contributed by atoms with Gasteiger partial charge in [0.05, 0.1) is 13.2 Å². The van der Waals surface area contributed by atoms with Crippen LogP contribution in [0.15, 0.2) is 24.3 Å².